The van der Waals surface area contributed by atoms with Crippen molar-refractivity contribution in [3.8, 4) is 0 Å². The number of rotatable bonds is 4. The first kappa shape index (κ1) is 14.6. The summed E-state index contributed by atoms with van der Waals surface area (Å²) in [4.78, 5) is 18.8. The van der Waals surface area contributed by atoms with Crippen LogP contribution in [-0.4, -0.2) is 28.4 Å². The first-order valence-corrected chi connectivity index (χ1v) is 8.25. The smallest absolute Gasteiger partial charge is 0.257 e. The third-order valence-electron chi connectivity index (χ3n) is 4.52. The Hall–Kier alpha value is -1.29. The van der Waals surface area contributed by atoms with E-state index in [1.807, 2.05) is 4.90 Å². The average molecular weight is 308 g/mol. The van der Waals surface area contributed by atoms with Crippen LogP contribution in [-0.2, 0) is 0 Å². The molecule has 2 aliphatic rings. The van der Waals surface area contributed by atoms with Crippen LogP contribution < -0.4 is 5.73 Å². The van der Waals surface area contributed by atoms with E-state index in [9.17, 15) is 4.79 Å². The van der Waals surface area contributed by atoms with Gasteiger partial charge in [-0.1, -0.05) is 30.9 Å². The largest absolute Gasteiger partial charge is 0.397 e. The van der Waals surface area contributed by atoms with Crippen LogP contribution in [0.5, 0.6) is 0 Å². The number of nitrogen functional groups attached to an aromatic ring is 1. The highest BCUT2D eigenvalue weighted by Crippen LogP contribution is 2.33. The molecule has 2 fully saturated rings. The molecule has 2 N–H and O–H groups in total. The summed E-state index contributed by atoms with van der Waals surface area (Å²) in [5.74, 6) is 0.629. The van der Waals surface area contributed by atoms with Crippen molar-refractivity contribution in [3.63, 3.8) is 0 Å². The van der Waals surface area contributed by atoms with Gasteiger partial charge in [0.1, 0.15) is 5.15 Å². The summed E-state index contributed by atoms with van der Waals surface area (Å²) in [5, 5.41) is 0.253. The second-order valence-corrected chi connectivity index (χ2v) is 6.66. The summed E-state index contributed by atoms with van der Waals surface area (Å²) in [6.45, 7) is 0.856. The topological polar surface area (TPSA) is 59.2 Å². The minimum absolute atomic E-state index is 0.00660. The molecule has 1 aromatic heterocycles. The summed E-state index contributed by atoms with van der Waals surface area (Å²) in [6, 6.07) is 2.03. The summed E-state index contributed by atoms with van der Waals surface area (Å²) in [6.07, 6.45) is 10.1. The highest BCUT2D eigenvalue weighted by atomic mass is 35.5. The lowest BCUT2D eigenvalue weighted by atomic mass is 9.89. The van der Waals surface area contributed by atoms with Crippen LogP contribution in [0.4, 0.5) is 5.69 Å². The SMILES string of the molecule is Nc1cnc(Cl)c(C(=O)N(CC2CCCCC2)C2CC2)c1. The Balaban J connectivity index is 1.76. The highest BCUT2D eigenvalue weighted by Gasteiger charge is 2.35. The zero-order valence-electron chi connectivity index (χ0n) is 12.2. The van der Waals surface area contributed by atoms with Gasteiger partial charge in [-0.15, -0.1) is 0 Å². The number of anilines is 1. The second kappa shape index (κ2) is 6.22. The Bertz CT molecular complexity index is 524. The van der Waals surface area contributed by atoms with E-state index in [4.69, 9.17) is 17.3 Å². The van der Waals surface area contributed by atoms with Crippen LogP contribution in [0, 0.1) is 5.92 Å². The molecule has 5 heteroatoms. The predicted octanol–water partition coefficient (Wildman–Crippen LogP) is 3.50. The molecule has 0 unspecified atom stereocenters. The standard InChI is InChI=1S/C16H22ClN3O/c17-15-14(8-12(18)9-19-15)16(21)20(13-6-7-13)10-11-4-2-1-3-5-11/h8-9,11,13H,1-7,10,18H2. The monoisotopic (exact) mass is 307 g/mol. The van der Waals surface area contributed by atoms with Crippen molar-refractivity contribution in [2.75, 3.05) is 12.3 Å². The van der Waals surface area contributed by atoms with Gasteiger partial charge in [0, 0.05) is 12.6 Å². The molecule has 0 bridgehead atoms. The molecule has 0 spiro atoms. The van der Waals surface area contributed by atoms with Gasteiger partial charge >= 0.3 is 0 Å². The lowest BCUT2D eigenvalue weighted by Gasteiger charge is -2.30. The Morgan fingerprint density at radius 1 is 1.29 bits per heavy atom. The Kier molecular flexibility index (Phi) is 4.34. The Labute approximate surface area is 130 Å². The van der Waals surface area contributed by atoms with Crippen LogP contribution >= 0.6 is 11.6 Å². The van der Waals surface area contributed by atoms with E-state index >= 15 is 0 Å². The maximum Gasteiger partial charge on any atom is 0.257 e. The minimum Gasteiger partial charge on any atom is -0.397 e. The number of aromatic nitrogens is 1. The normalized spacial score (nSPS) is 19.5. The molecule has 21 heavy (non-hydrogen) atoms. The van der Waals surface area contributed by atoms with Crippen LogP contribution in [0.15, 0.2) is 12.3 Å². The fourth-order valence-corrected chi connectivity index (χ4v) is 3.39. The highest BCUT2D eigenvalue weighted by molar-refractivity contribution is 6.32. The molecule has 0 aliphatic heterocycles. The van der Waals surface area contributed by atoms with Gasteiger partial charge in [-0.05, 0) is 37.7 Å². The molecule has 2 saturated carbocycles. The number of hydrogen-bond acceptors (Lipinski definition) is 3. The summed E-state index contributed by atoms with van der Waals surface area (Å²) in [7, 11) is 0. The maximum atomic E-state index is 12.8. The number of hydrogen-bond donors (Lipinski definition) is 1. The van der Waals surface area contributed by atoms with E-state index in [1.165, 1.54) is 38.3 Å². The maximum absolute atomic E-state index is 12.8. The van der Waals surface area contributed by atoms with E-state index in [0.717, 1.165) is 19.4 Å². The van der Waals surface area contributed by atoms with E-state index in [-0.39, 0.29) is 11.1 Å². The molecule has 2 aliphatic carbocycles. The first-order chi connectivity index (χ1) is 10.1. The Morgan fingerprint density at radius 3 is 2.67 bits per heavy atom. The minimum atomic E-state index is -0.00660. The van der Waals surface area contributed by atoms with Crippen LogP contribution in [0.2, 0.25) is 5.15 Å². The number of carbonyl (C=O) groups is 1. The van der Waals surface area contributed by atoms with Crippen molar-refractivity contribution in [1.29, 1.82) is 0 Å². The van der Waals surface area contributed by atoms with E-state index < -0.39 is 0 Å². The third kappa shape index (κ3) is 3.49. The van der Waals surface area contributed by atoms with E-state index in [0.29, 0.717) is 23.2 Å². The van der Waals surface area contributed by atoms with Gasteiger partial charge in [-0.25, -0.2) is 4.98 Å². The van der Waals surface area contributed by atoms with Crippen molar-refractivity contribution >= 4 is 23.2 Å². The second-order valence-electron chi connectivity index (χ2n) is 6.30. The summed E-state index contributed by atoms with van der Waals surface area (Å²) >= 11 is 6.09. The molecular weight excluding hydrogens is 286 g/mol. The van der Waals surface area contributed by atoms with Crippen molar-refractivity contribution in [2.24, 2.45) is 5.92 Å². The van der Waals surface area contributed by atoms with Gasteiger partial charge in [-0.3, -0.25) is 4.79 Å². The number of carbonyl (C=O) groups excluding carboxylic acids is 1. The molecule has 114 valence electrons. The molecular formula is C16H22ClN3O. The number of nitrogens with zero attached hydrogens (tertiary/aromatic N) is 2. The summed E-state index contributed by atoms with van der Waals surface area (Å²) in [5.41, 5.74) is 6.68. The average Bonchev–Trinajstić information content (AvgIpc) is 3.32. The lowest BCUT2D eigenvalue weighted by Crippen LogP contribution is -2.38. The Morgan fingerprint density at radius 2 is 2.00 bits per heavy atom. The van der Waals surface area contributed by atoms with Gasteiger partial charge in [0.25, 0.3) is 5.91 Å². The predicted molar refractivity (Wildman–Crippen MR) is 84.3 cm³/mol. The van der Waals surface area contributed by atoms with E-state index in [1.54, 1.807) is 6.07 Å². The molecule has 3 rings (SSSR count). The molecule has 1 amide bonds. The molecule has 0 radical (unpaired) electrons. The number of halogens is 1. The van der Waals surface area contributed by atoms with Gasteiger partial charge in [-0.2, -0.15) is 0 Å². The molecule has 1 aromatic rings. The van der Waals surface area contributed by atoms with Crippen LogP contribution in [0.1, 0.15) is 55.3 Å². The van der Waals surface area contributed by atoms with Crippen LogP contribution in [0.25, 0.3) is 0 Å². The van der Waals surface area contributed by atoms with Gasteiger partial charge < -0.3 is 10.6 Å². The first-order valence-electron chi connectivity index (χ1n) is 7.87. The fraction of sp³-hybridized carbons (Fsp3) is 0.625. The van der Waals surface area contributed by atoms with Crippen molar-refractivity contribution in [1.82, 2.24) is 9.88 Å². The quantitative estimate of drug-likeness (QED) is 0.866. The van der Waals surface area contributed by atoms with E-state index in [2.05, 4.69) is 4.98 Å². The summed E-state index contributed by atoms with van der Waals surface area (Å²) < 4.78 is 0. The molecule has 0 saturated heterocycles. The molecule has 0 atom stereocenters. The number of amides is 1. The third-order valence-corrected chi connectivity index (χ3v) is 4.82. The number of nitrogens with two attached hydrogens (primary N) is 1. The number of pyridine rings is 1. The van der Waals surface area contributed by atoms with Crippen molar-refractivity contribution in [2.45, 2.75) is 51.0 Å². The molecule has 0 aromatic carbocycles. The van der Waals surface area contributed by atoms with Crippen LogP contribution in [0.3, 0.4) is 0 Å². The van der Waals surface area contributed by atoms with Crippen molar-refractivity contribution < 1.29 is 4.79 Å². The van der Waals surface area contributed by atoms with Gasteiger partial charge in [0.15, 0.2) is 0 Å². The zero-order valence-corrected chi connectivity index (χ0v) is 13.0. The van der Waals surface area contributed by atoms with Gasteiger partial charge in [0.05, 0.1) is 17.4 Å². The fourth-order valence-electron chi connectivity index (χ4n) is 3.20. The lowest BCUT2D eigenvalue weighted by molar-refractivity contribution is 0.0698. The zero-order chi connectivity index (χ0) is 14.8. The molecule has 1 heterocycles. The van der Waals surface area contributed by atoms with Gasteiger partial charge in [0.2, 0.25) is 0 Å². The molecule has 4 nitrogen and oxygen atoms in total. The van der Waals surface area contributed by atoms with Crippen molar-refractivity contribution in [3.05, 3.63) is 23.0 Å².